The highest BCUT2D eigenvalue weighted by Crippen LogP contribution is 2.48. The summed E-state index contributed by atoms with van der Waals surface area (Å²) >= 11 is 0. The van der Waals surface area contributed by atoms with Crippen LogP contribution in [0.25, 0.3) is 12.2 Å². The van der Waals surface area contributed by atoms with E-state index < -0.39 is 17.4 Å². The van der Waals surface area contributed by atoms with Crippen LogP contribution in [-0.2, 0) is 19.1 Å². The maximum atomic E-state index is 13.2. The number of carbonyl (C=O) groups is 2. The summed E-state index contributed by atoms with van der Waals surface area (Å²) in [6.45, 7) is 0. The Morgan fingerprint density at radius 3 is 1.41 bits per heavy atom. The van der Waals surface area contributed by atoms with Crippen LogP contribution in [0.1, 0.15) is 24.0 Å². The van der Waals surface area contributed by atoms with Crippen molar-refractivity contribution in [2.45, 2.75) is 12.8 Å². The zero-order valence-electron chi connectivity index (χ0n) is 16.1. The molecule has 1 fully saturated rings. The number of benzene rings is 2. The Morgan fingerprint density at radius 1 is 0.759 bits per heavy atom. The van der Waals surface area contributed by atoms with Crippen LogP contribution in [0.5, 0.6) is 0 Å². The standard InChI is InChI=1S/C23H20F2O4/c1-28-21(26)23(22(27)29-2)13-17(11-15-3-7-19(24)8-4-15)18(14-23)12-16-5-9-20(25)10-6-16/h3-12H,13-14H2,1-2H3/b17-11+,18-12+. The van der Waals surface area contributed by atoms with Gasteiger partial charge in [0.1, 0.15) is 11.6 Å². The van der Waals surface area contributed by atoms with Crippen molar-refractivity contribution in [3.05, 3.63) is 82.4 Å². The average Bonchev–Trinajstić information content (AvgIpc) is 3.09. The van der Waals surface area contributed by atoms with E-state index in [9.17, 15) is 18.4 Å². The molecule has 0 aliphatic heterocycles. The first-order valence-electron chi connectivity index (χ1n) is 8.97. The van der Waals surface area contributed by atoms with E-state index in [2.05, 4.69) is 0 Å². The van der Waals surface area contributed by atoms with Gasteiger partial charge >= 0.3 is 11.9 Å². The molecule has 4 nitrogen and oxygen atoms in total. The molecule has 0 aromatic heterocycles. The third-order valence-electron chi connectivity index (χ3n) is 4.97. The molecule has 3 rings (SSSR count). The molecule has 29 heavy (non-hydrogen) atoms. The molecule has 2 aromatic rings. The van der Waals surface area contributed by atoms with Gasteiger partial charge in [0.05, 0.1) is 14.2 Å². The fraction of sp³-hybridized carbons (Fsp3) is 0.217. The van der Waals surface area contributed by atoms with Gasteiger partial charge in [0.15, 0.2) is 5.41 Å². The van der Waals surface area contributed by atoms with Gasteiger partial charge in [0.25, 0.3) is 0 Å². The molecule has 1 aliphatic carbocycles. The van der Waals surface area contributed by atoms with Crippen LogP contribution in [0.15, 0.2) is 59.7 Å². The first-order valence-corrected chi connectivity index (χ1v) is 8.97. The second-order valence-electron chi connectivity index (χ2n) is 6.86. The summed E-state index contributed by atoms with van der Waals surface area (Å²) in [5.74, 6) is -2.09. The maximum absolute atomic E-state index is 13.2. The van der Waals surface area contributed by atoms with Crippen molar-refractivity contribution < 1.29 is 27.8 Å². The van der Waals surface area contributed by atoms with Crippen LogP contribution in [0, 0.1) is 17.0 Å². The number of rotatable bonds is 4. The number of hydrogen-bond donors (Lipinski definition) is 0. The van der Waals surface area contributed by atoms with Crippen molar-refractivity contribution in [1.29, 1.82) is 0 Å². The zero-order valence-corrected chi connectivity index (χ0v) is 16.1. The maximum Gasteiger partial charge on any atom is 0.323 e. The van der Waals surface area contributed by atoms with E-state index in [-0.39, 0.29) is 24.5 Å². The number of allylic oxidation sites excluding steroid dienone is 2. The summed E-state index contributed by atoms with van der Waals surface area (Å²) in [7, 11) is 2.44. The first-order chi connectivity index (χ1) is 13.9. The van der Waals surface area contributed by atoms with Crippen molar-refractivity contribution >= 4 is 24.1 Å². The quantitative estimate of drug-likeness (QED) is 0.560. The predicted octanol–water partition coefficient (Wildman–Crippen LogP) is 4.56. The van der Waals surface area contributed by atoms with Gasteiger partial charge in [-0.3, -0.25) is 9.59 Å². The van der Waals surface area contributed by atoms with Gasteiger partial charge in [-0.15, -0.1) is 0 Å². The highest BCUT2D eigenvalue weighted by molar-refractivity contribution is 6.02. The molecule has 1 aliphatic rings. The minimum atomic E-state index is -1.50. The van der Waals surface area contributed by atoms with Crippen LogP contribution in [0.4, 0.5) is 8.78 Å². The second-order valence-corrected chi connectivity index (χ2v) is 6.86. The molecule has 0 radical (unpaired) electrons. The van der Waals surface area contributed by atoms with E-state index in [1.807, 2.05) is 0 Å². The lowest BCUT2D eigenvalue weighted by molar-refractivity contribution is -0.168. The van der Waals surface area contributed by atoms with Gasteiger partial charge in [0, 0.05) is 0 Å². The summed E-state index contributed by atoms with van der Waals surface area (Å²) in [5, 5.41) is 0. The van der Waals surface area contributed by atoms with Crippen molar-refractivity contribution in [1.82, 2.24) is 0 Å². The number of methoxy groups -OCH3 is 2. The minimum absolute atomic E-state index is 0.0801. The molecule has 0 amide bonds. The van der Waals surface area contributed by atoms with Gasteiger partial charge in [-0.25, -0.2) is 8.78 Å². The number of esters is 2. The number of ether oxygens (including phenoxy) is 2. The molecule has 0 unspecified atom stereocenters. The largest absolute Gasteiger partial charge is 0.468 e. The molecule has 150 valence electrons. The van der Waals surface area contributed by atoms with E-state index in [0.29, 0.717) is 0 Å². The lowest BCUT2D eigenvalue weighted by Crippen LogP contribution is -2.38. The van der Waals surface area contributed by atoms with Gasteiger partial charge in [-0.05, 0) is 59.4 Å². The van der Waals surface area contributed by atoms with E-state index in [1.165, 1.54) is 38.5 Å². The van der Waals surface area contributed by atoms with Crippen LogP contribution >= 0.6 is 0 Å². The Hall–Kier alpha value is -3.28. The molecule has 0 N–H and O–H groups in total. The fourth-order valence-corrected chi connectivity index (χ4v) is 3.51. The Labute approximate surface area is 167 Å². The Morgan fingerprint density at radius 2 is 1.10 bits per heavy atom. The number of carbonyl (C=O) groups excluding carboxylic acids is 2. The van der Waals surface area contributed by atoms with Crippen molar-refractivity contribution in [3.8, 4) is 0 Å². The van der Waals surface area contributed by atoms with Crippen LogP contribution in [0.2, 0.25) is 0 Å². The fourth-order valence-electron chi connectivity index (χ4n) is 3.51. The van der Waals surface area contributed by atoms with E-state index >= 15 is 0 Å². The van der Waals surface area contributed by atoms with Crippen LogP contribution in [-0.4, -0.2) is 26.2 Å². The molecule has 0 heterocycles. The zero-order chi connectivity index (χ0) is 21.0. The van der Waals surface area contributed by atoms with Crippen LogP contribution < -0.4 is 0 Å². The Bertz CT molecular complexity index is 891. The van der Waals surface area contributed by atoms with Crippen molar-refractivity contribution in [2.75, 3.05) is 14.2 Å². The van der Waals surface area contributed by atoms with Gasteiger partial charge in [-0.1, -0.05) is 36.4 Å². The summed E-state index contributed by atoms with van der Waals surface area (Å²) < 4.78 is 36.3. The highest BCUT2D eigenvalue weighted by atomic mass is 19.1. The summed E-state index contributed by atoms with van der Waals surface area (Å²) in [5.41, 5.74) is 1.38. The molecule has 2 aromatic carbocycles. The molecule has 0 saturated heterocycles. The summed E-state index contributed by atoms with van der Waals surface area (Å²) in [6, 6.07) is 11.7. The third kappa shape index (κ3) is 4.26. The molecule has 0 bridgehead atoms. The Balaban J connectivity index is 2.10. The molecular formula is C23H20F2O4. The summed E-state index contributed by atoms with van der Waals surface area (Å²) in [4.78, 5) is 25.1. The SMILES string of the molecule is COC(=O)C1(C(=O)OC)CC(=C\c2ccc(F)cc2)/C(=C/c2ccc(F)cc2)C1. The average molecular weight is 398 g/mol. The molecule has 1 saturated carbocycles. The lowest BCUT2D eigenvalue weighted by Gasteiger charge is -2.21. The topological polar surface area (TPSA) is 52.6 Å². The van der Waals surface area contributed by atoms with Crippen molar-refractivity contribution in [2.24, 2.45) is 5.41 Å². The van der Waals surface area contributed by atoms with Crippen LogP contribution in [0.3, 0.4) is 0 Å². The number of hydrogen-bond acceptors (Lipinski definition) is 4. The molecule has 0 atom stereocenters. The molecular weight excluding hydrogens is 378 g/mol. The van der Waals surface area contributed by atoms with Gasteiger partial charge in [0.2, 0.25) is 0 Å². The predicted molar refractivity (Wildman–Crippen MR) is 104 cm³/mol. The minimum Gasteiger partial charge on any atom is -0.468 e. The highest BCUT2D eigenvalue weighted by Gasteiger charge is 2.53. The van der Waals surface area contributed by atoms with Gasteiger partial charge < -0.3 is 9.47 Å². The first kappa shape index (κ1) is 20.5. The molecule has 0 spiro atoms. The normalized spacial score (nSPS) is 18.1. The lowest BCUT2D eigenvalue weighted by atomic mass is 9.85. The van der Waals surface area contributed by atoms with Crippen molar-refractivity contribution in [3.63, 3.8) is 0 Å². The molecule has 6 heteroatoms. The van der Waals surface area contributed by atoms with E-state index in [4.69, 9.17) is 9.47 Å². The monoisotopic (exact) mass is 398 g/mol. The van der Waals surface area contributed by atoms with E-state index in [0.717, 1.165) is 22.3 Å². The summed E-state index contributed by atoms with van der Waals surface area (Å²) in [6.07, 6.45) is 3.75. The second kappa shape index (κ2) is 8.39. The van der Waals surface area contributed by atoms with E-state index in [1.54, 1.807) is 36.4 Å². The third-order valence-corrected chi connectivity index (χ3v) is 4.97. The smallest absolute Gasteiger partial charge is 0.323 e. The Kier molecular flexibility index (Phi) is 5.92. The van der Waals surface area contributed by atoms with Gasteiger partial charge in [-0.2, -0.15) is 0 Å². The number of halogens is 2.